The van der Waals surface area contributed by atoms with Crippen molar-refractivity contribution in [3.8, 4) is 11.1 Å². The Morgan fingerprint density at radius 1 is 0.920 bits per heavy atom. The number of hydrogen-bond acceptors (Lipinski definition) is 4. The van der Waals surface area contributed by atoms with Gasteiger partial charge in [0.25, 0.3) is 0 Å². The zero-order valence-electron chi connectivity index (χ0n) is 14.3. The lowest BCUT2D eigenvalue weighted by molar-refractivity contribution is -0.140. The molecule has 0 saturated carbocycles. The Balaban J connectivity index is 1.50. The maximum absolute atomic E-state index is 11.2. The average molecular weight is 338 g/mol. The van der Waals surface area contributed by atoms with Crippen LogP contribution in [0.25, 0.3) is 11.1 Å². The van der Waals surface area contributed by atoms with Crippen LogP contribution in [0.1, 0.15) is 49.0 Å². The van der Waals surface area contributed by atoms with Crippen LogP contribution in [0.3, 0.4) is 0 Å². The highest BCUT2D eigenvalue weighted by Crippen LogP contribution is 2.52. The molecule has 2 unspecified atom stereocenters. The van der Waals surface area contributed by atoms with E-state index in [1.165, 1.54) is 29.4 Å². The molecule has 1 fully saturated rings. The molecule has 2 atom stereocenters. The normalized spacial score (nSPS) is 23.5. The summed E-state index contributed by atoms with van der Waals surface area (Å²) in [5.74, 6) is -0.162. The van der Waals surface area contributed by atoms with Gasteiger partial charge in [-0.25, -0.2) is 0 Å². The zero-order chi connectivity index (χ0) is 17.2. The number of hydrogen-bond donors (Lipinski definition) is 0. The van der Waals surface area contributed by atoms with E-state index in [-0.39, 0.29) is 24.5 Å². The summed E-state index contributed by atoms with van der Waals surface area (Å²) in [5.41, 5.74) is 4.86. The molecule has 130 valence electrons. The minimum absolute atomic E-state index is 0.0586. The van der Waals surface area contributed by atoms with Gasteiger partial charge in [-0.2, -0.15) is 0 Å². The molecule has 2 aliphatic rings. The van der Waals surface area contributed by atoms with Gasteiger partial charge < -0.3 is 14.2 Å². The topological polar surface area (TPSA) is 44.8 Å². The molecule has 4 nitrogen and oxygen atoms in total. The van der Waals surface area contributed by atoms with Crippen LogP contribution in [0.2, 0.25) is 0 Å². The molecule has 1 heterocycles. The monoisotopic (exact) mass is 338 g/mol. The van der Waals surface area contributed by atoms with Crippen LogP contribution in [0, 0.1) is 0 Å². The van der Waals surface area contributed by atoms with Crippen LogP contribution in [0.15, 0.2) is 48.5 Å². The molecular formula is C21H22O4. The molecule has 4 heteroatoms. The standard InChI is InChI=1S/C21H22O4/c1-23-18(22)12-6-7-13-19-24-20-16-10-4-2-8-14(16)15-9-3-5-11-17(15)21(20)25-19/h2-5,8-11,19-21H,6-7,12-13H2,1H3. The largest absolute Gasteiger partial charge is 0.469 e. The first kappa shape index (κ1) is 16.3. The van der Waals surface area contributed by atoms with E-state index >= 15 is 0 Å². The molecule has 0 spiro atoms. The maximum Gasteiger partial charge on any atom is 0.305 e. The van der Waals surface area contributed by atoms with Gasteiger partial charge in [-0.05, 0) is 41.5 Å². The Hall–Kier alpha value is -2.17. The predicted molar refractivity (Wildman–Crippen MR) is 93.8 cm³/mol. The van der Waals surface area contributed by atoms with Crippen LogP contribution in [-0.2, 0) is 19.0 Å². The van der Waals surface area contributed by atoms with E-state index in [1.54, 1.807) is 0 Å². The lowest BCUT2D eigenvalue weighted by atomic mass is 9.82. The number of carbonyl (C=O) groups excluding carboxylic acids is 1. The number of esters is 1. The van der Waals surface area contributed by atoms with Crippen LogP contribution in [-0.4, -0.2) is 19.4 Å². The van der Waals surface area contributed by atoms with Crippen molar-refractivity contribution < 1.29 is 19.0 Å². The fourth-order valence-corrected chi connectivity index (χ4v) is 3.77. The molecule has 0 radical (unpaired) electrons. The minimum atomic E-state index is -0.230. The van der Waals surface area contributed by atoms with Crippen molar-refractivity contribution in [2.75, 3.05) is 7.11 Å². The summed E-state index contributed by atoms with van der Waals surface area (Å²) in [7, 11) is 1.42. The third kappa shape index (κ3) is 3.08. The summed E-state index contributed by atoms with van der Waals surface area (Å²) in [5, 5.41) is 0. The van der Waals surface area contributed by atoms with Crippen molar-refractivity contribution in [3.63, 3.8) is 0 Å². The Bertz CT molecular complexity index is 716. The number of methoxy groups -OCH3 is 1. The van der Waals surface area contributed by atoms with Crippen molar-refractivity contribution >= 4 is 5.97 Å². The second kappa shape index (κ2) is 6.98. The van der Waals surface area contributed by atoms with Gasteiger partial charge in [0, 0.05) is 6.42 Å². The average Bonchev–Trinajstić information content (AvgIpc) is 3.10. The first-order chi connectivity index (χ1) is 12.3. The summed E-state index contributed by atoms with van der Waals surface area (Å²) in [6.07, 6.45) is 2.55. The highest BCUT2D eigenvalue weighted by atomic mass is 16.7. The number of rotatable bonds is 5. The molecule has 2 aromatic rings. The molecule has 0 N–H and O–H groups in total. The molecule has 4 rings (SSSR count). The summed E-state index contributed by atoms with van der Waals surface area (Å²) in [4.78, 5) is 11.2. The Morgan fingerprint density at radius 3 is 2.04 bits per heavy atom. The molecule has 0 amide bonds. The van der Waals surface area contributed by atoms with Gasteiger partial charge in [0.1, 0.15) is 12.2 Å². The Morgan fingerprint density at radius 2 is 1.48 bits per heavy atom. The number of fused-ring (bicyclic) bond motifs is 6. The van der Waals surface area contributed by atoms with Crippen LogP contribution in [0.4, 0.5) is 0 Å². The molecule has 0 bridgehead atoms. The molecule has 1 aliphatic heterocycles. The van der Waals surface area contributed by atoms with Crippen molar-refractivity contribution in [1.29, 1.82) is 0 Å². The number of carbonyl (C=O) groups is 1. The van der Waals surface area contributed by atoms with E-state index in [0.29, 0.717) is 6.42 Å². The van der Waals surface area contributed by atoms with Crippen molar-refractivity contribution in [1.82, 2.24) is 0 Å². The highest BCUT2D eigenvalue weighted by Gasteiger charge is 2.42. The van der Waals surface area contributed by atoms with Crippen molar-refractivity contribution in [3.05, 3.63) is 59.7 Å². The van der Waals surface area contributed by atoms with E-state index < -0.39 is 0 Å². The zero-order valence-corrected chi connectivity index (χ0v) is 14.3. The second-order valence-corrected chi connectivity index (χ2v) is 6.54. The van der Waals surface area contributed by atoms with E-state index in [4.69, 9.17) is 9.47 Å². The summed E-state index contributed by atoms with van der Waals surface area (Å²) in [6.45, 7) is 0. The SMILES string of the molecule is COC(=O)CCCCC1OC2c3ccccc3-c3ccccc3C2O1. The highest BCUT2D eigenvalue weighted by molar-refractivity contribution is 5.74. The van der Waals surface area contributed by atoms with Crippen LogP contribution < -0.4 is 0 Å². The van der Waals surface area contributed by atoms with E-state index in [9.17, 15) is 4.79 Å². The minimum Gasteiger partial charge on any atom is -0.469 e. The van der Waals surface area contributed by atoms with Gasteiger partial charge >= 0.3 is 5.97 Å². The smallest absolute Gasteiger partial charge is 0.305 e. The molecule has 1 aliphatic carbocycles. The number of unbranched alkanes of at least 4 members (excludes halogenated alkanes) is 1. The van der Waals surface area contributed by atoms with Crippen LogP contribution >= 0.6 is 0 Å². The van der Waals surface area contributed by atoms with Crippen molar-refractivity contribution in [2.24, 2.45) is 0 Å². The Labute approximate surface area is 147 Å². The Kier molecular flexibility index (Phi) is 4.55. The summed E-state index contributed by atoms with van der Waals surface area (Å²) in [6, 6.07) is 16.8. The van der Waals surface area contributed by atoms with Gasteiger partial charge in [-0.15, -0.1) is 0 Å². The summed E-state index contributed by atoms with van der Waals surface area (Å²) >= 11 is 0. The summed E-state index contributed by atoms with van der Waals surface area (Å²) < 4.78 is 17.2. The van der Waals surface area contributed by atoms with Gasteiger partial charge in [0.2, 0.25) is 0 Å². The molecule has 2 aromatic carbocycles. The lowest BCUT2D eigenvalue weighted by Gasteiger charge is -2.28. The number of benzene rings is 2. The quantitative estimate of drug-likeness (QED) is 0.592. The van der Waals surface area contributed by atoms with Crippen LogP contribution in [0.5, 0.6) is 0 Å². The third-order valence-corrected chi connectivity index (χ3v) is 4.99. The first-order valence-electron chi connectivity index (χ1n) is 8.84. The lowest BCUT2D eigenvalue weighted by Crippen LogP contribution is -2.14. The molecule has 1 saturated heterocycles. The fourth-order valence-electron chi connectivity index (χ4n) is 3.77. The van der Waals surface area contributed by atoms with E-state index in [1.807, 2.05) is 0 Å². The van der Waals surface area contributed by atoms with E-state index in [0.717, 1.165) is 19.3 Å². The maximum atomic E-state index is 11.2. The third-order valence-electron chi connectivity index (χ3n) is 4.99. The number of ether oxygens (including phenoxy) is 3. The van der Waals surface area contributed by atoms with Gasteiger partial charge in [-0.3, -0.25) is 4.79 Å². The first-order valence-corrected chi connectivity index (χ1v) is 8.84. The molecule has 0 aromatic heterocycles. The second-order valence-electron chi connectivity index (χ2n) is 6.54. The van der Waals surface area contributed by atoms with E-state index in [2.05, 4.69) is 53.3 Å². The predicted octanol–water partition coefficient (Wildman–Crippen LogP) is 4.56. The van der Waals surface area contributed by atoms with Gasteiger partial charge in [0.05, 0.1) is 7.11 Å². The van der Waals surface area contributed by atoms with Crippen molar-refractivity contribution in [2.45, 2.75) is 44.2 Å². The molecule has 25 heavy (non-hydrogen) atoms. The van der Waals surface area contributed by atoms with Gasteiger partial charge in [-0.1, -0.05) is 48.5 Å². The molecular weight excluding hydrogens is 316 g/mol. The fraction of sp³-hybridized carbons (Fsp3) is 0.381. The van der Waals surface area contributed by atoms with Gasteiger partial charge in [0.15, 0.2) is 6.29 Å².